The fourth-order valence-electron chi connectivity index (χ4n) is 1.95. The molecule has 1 rings (SSSR count). The lowest BCUT2D eigenvalue weighted by Gasteiger charge is -2.17. The molecule has 0 aliphatic carbocycles. The second-order valence-electron chi connectivity index (χ2n) is 4.71. The van der Waals surface area contributed by atoms with Gasteiger partial charge in [-0.05, 0) is 51.3 Å². The van der Waals surface area contributed by atoms with Crippen LogP contribution in [0.25, 0.3) is 0 Å². The van der Waals surface area contributed by atoms with Gasteiger partial charge in [0.05, 0.1) is 25.4 Å². The Kier molecular flexibility index (Phi) is 7.41. The molecule has 1 aromatic rings. The van der Waals surface area contributed by atoms with Crippen LogP contribution in [0.5, 0.6) is 11.5 Å². The standard InChI is InChI=1S/C16H26O4/c1-5-19-15-10-8-13(11-16(15)20-6-2)14(17)9-7-12(3)18-4/h8,10-12,14,17H,5-7,9H2,1-4H3. The molecule has 0 aromatic heterocycles. The van der Waals surface area contributed by atoms with Crippen molar-refractivity contribution in [1.82, 2.24) is 0 Å². The van der Waals surface area contributed by atoms with Crippen molar-refractivity contribution in [2.24, 2.45) is 0 Å². The molecular formula is C16H26O4. The molecule has 0 radical (unpaired) electrons. The van der Waals surface area contributed by atoms with Crippen LogP contribution in [0.15, 0.2) is 18.2 Å². The van der Waals surface area contributed by atoms with Gasteiger partial charge in [0.1, 0.15) is 0 Å². The monoisotopic (exact) mass is 282 g/mol. The first kappa shape index (κ1) is 16.8. The van der Waals surface area contributed by atoms with E-state index in [9.17, 15) is 5.11 Å². The van der Waals surface area contributed by atoms with E-state index in [1.165, 1.54) is 0 Å². The van der Waals surface area contributed by atoms with Crippen LogP contribution in [0.1, 0.15) is 45.3 Å². The number of rotatable bonds is 9. The molecule has 0 spiro atoms. The van der Waals surface area contributed by atoms with Gasteiger partial charge in [-0.25, -0.2) is 0 Å². The third-order valence-electron chi connectivity index (χ3n) is 3.20. The highest BCUT2D eigenvalue weighted by Gasteiger charge is 2.13. The lowest BCUT2D eigenvalue weighted by Crippen LogP contribution is -2.08. The maximum atomic E-state index is 10.2. The summed E-state index contributed by atoms with van der Waals surface area (Å²) in [4.78, 5) is 0. The number of ether oxygens (including phenoxy) is 3. The average molecular weight is 282 g/mol. The van der Waals surface area contributed by atoms with Gasteiger partial charge in [0.25, 0.3) is 0 Å². The fraction of sp³-hybridized carbons (Fsp3) is 0.625. The number of hydrogen-bond acceptors (Lipinski definition) is 4. The van der Waals surface area contributed by atoms with E-state index < -0.39 is 6.10 Å². The zero-order chi connectivity index (χ0) is 15.0. The van der Waals surface area contributed by atoms with Crippen molar-refractivity contribution < 1.29 is 19.3 Å². The number of hydrogen-bond donors (Lipinski definition) is 1. The van der Waals surface area contributed by atoms with E-state index in [0.717, 1.165) is 17.7 Å². The van der Waals surface area contributed by atoms with E-state index in [1.54, 1.807) is 7.11 Å². The summed E-state index contributed by atoms with van der Waals surface area (Å²) in [5.41, 5.74) is 0.847. The van der Waals surface area contributed by atoms with E-state index in [4.69, 9.17) is 14.2 Å². The van der Waals surface area contributed by atoms with Crippen LogP contribution in [0, 0.1) is 0 Å². The van der Waals surface area contributed by atoms with Gasteiger partial charge in [-0.15, -0.1) is 0 Å². The summed E-state index contributed by atoms with van der Waals surface area (Å²) in [5, 5.41) is 10.2. The van der Waals surface area contributed by atoms with E-state index >= 15 is 0 Å². The van der Waals surface area contributed by atoms with Gasteiger partial charge in [0, 0.05) is 7.11 Å². The number of methoxy groups -OCH3 is 1. The maximum Gasteiger partial charge on any atom is 0.161 e. The topological polar surface area (TPSA) is 47.9 Å². The van der Waals surface area contributed by atoms with Gasteiger partial charge < -0.3 is 19.3 Å². The highest BCUT2D eigenvalue weighted by Crippen LogP contribution is 2.32. The molecule has 1 aromatic carbocycles. The summed E-state index contributed by atoms with van der Waals surface area (Å²) < 4.78 is 16.3. The van der Waals surface area contributed by atoms with Crippen molar-refractivity contribution >= 4 is 0 Å². The van der Waals surface area contributed by atoms with Crippen LogP contribution >= 0.6 is 0 Å². The van der Waals surface area contributed by atoms with E-state index in [2.05, 4.69) is 0 Å². The minimum atomic E-state index is -0.512. The summed E-state index contributed by atoms with van der Waals surface area (Å²) in [5.74, 6) is 1.40. The van der Waals surface area contributed by atoms with Crippen molar-refractivity contribution in [3.8, 4) is 11.5 Å². The van der Waals surface area contributed by atoms with E-state index in [-0.39, 0.29) is 6.10 Å². The fourth-order valence-corrected chi connectivity index (χ4v) is 1.95. The molecule has 1 N–H and O–H groups in total. The van der Waals surface area contributed by atoms with Crippen molar-refractivity contribution in [2.75, 3.05) is 20.3 Å². The Morgan fingerprint density at radius 3 is 2.30 bits per heavy atom. The molecule has 20 heavy (non-hydrogen) atoms. The van der Waals surface area contributed by atoms with Gasteiger partial charge in [0.15, 0.2) is 11.5 Å². The summed E-state index contributed by atoms with van der Waals surface area (Å²) >= 11 is 0. The molecule has 114 valence electrons. The second-order valence-corrected chi connectivity index (χ2v) is 4.71. The Morgan fingerprint density at radius 2 is 1.70 bits per heavy atom. The van der Waals surface area contributed by atoms with Crippen molar-refractivity contribution in [2.45, 2.75) is 45.8 Å². The van der Waals surface area contributed by atoms with Crippen LogP contribution in [-0.4, -0.2) is 31.5 Å². The van der Waals surface area contributed by atoms with Crippen LogP contribution < -0.4 is 9.47 Å². The largest absolute Gasteiger partial charge is 0.490 e. The summed E-state index contributed by atoms with van der Waals surface area (Å²) in [6, 6.07) is 5.60. The van der Waals surface area contributed by atoms with Crippen molar-refractivity contribution in [3.05, 3.63) is 23.8 Å². The molecule has 0 saturated carbocycles. The zero-order valence-electron chi connectivity index (χ0n) is 12.9. The summed E-state index contributed by atoms with van der Waals surface area (Å²) in [7, 11) is 1.68. The van der Waals surface area contributed by atoms with Crippen molar-refractivity contribution in [1.29, 1.82) is 0 Å². The smallest absolute Gasteiger partial charge is 0.161 e. The molecule has 0 aliphatic rings. The number of benzene rings is 1. The van der Waals surface area contributed by atoms with Gasteiger partial charge in [-0.2, -0.15) is 0 Å². The van der Waals surface area contributed by atoms with Gasteiger partial charge in [-0.3, -0.25) is 0 Å². The summed E-state index contributed by atoms with van der Waals surface area (Å²) in [6.45, 7) is 7.02. The molecular weight excluding hydrogens is 256 g/mol. The third kappa shape index (κ3) is 5.02. The molecule has 0 aliphatic heterocycles. The molecule has 0 amide bonds. The Labute approximate surface area is 121 Å². The Hall–Kier alpha value is -1.26. The minimum Gasteiger partial charge on any atom is -0.490 e. The zero-order valence-corrected chi connectivity index (χ0v) is 12.9. The van der Waals surface area contributed by atoms with Crippen LogP contribution in [0.3, 0.4) is 0 Å². The predicted molar refractivity (Wildman–Crippen MR) is 79.4 cm³/mol. The van der Waals surface area contributed by atoms with Gasteiger partial charge >= 0.3 is 0 Å². The molecule has 0 heterocycles. The van der Waals surface area contributed by atoms with Gasteiger partial charge in [0.2, 0.25) is 0 Å². The predicted octanol–water partition coefficient (Wildman–Crippen LogP) is 3.33. The highest BCUT2D eigenvalue weighted by molar-refractivity contribution is 5.43. The quantitative estimate of drug-likeness (QED) is 0.754. The molecule has 4 nitrogen and oxygen atoms in total. The van der Waals surface area contributed by atoms with Crippen LogP contribution in [0.2, 0.25) is 0 Å². The molecule has 2 unspecified atom stereocenters. The Balaban J connectivity index is 2.76. The number of aliphatic hydroxyl groups is 1. The van der Waals surface area contributed by atoms with Crippen LogP contribution in [-0.2, 0) is 4.74 Å². The first-order valence-electron chi connectivity index (χ1n) is 7.22. The van der Waals surface area contributed by atoms with Crippen LogP contribution in [0.4, 0.5) is 0 Å². The normalized spacial score (nSPS) is 13.8. The lowest BCUT2D eigenvalue weighted by molar-refractivity contribution is 0.0850. The highest BCUT2D eigenvalue weighted by atomic mass is 16.5. The number of aliphatic hydroxyl groups excluding tert-OH is 1. The molecule has 0 bridgehead atoms. The molecule has 0 fully saturated rings. The maximum absolute atomic E-state index is 10.2. The van der Waals surface area contributed by atoms with E-state index in [0.29, 0.717) is 25.4 Å². The third-order valence-corrected chi connectivity index (χ3v) is 3.20. The first-order valence-corrected chi connectivity index (χ1v) is 7.22. The van der Waals surface area contributed by atoms with Gasteiger partial charge in [-0.1, -0.05) is 6.07 Å². The van der Waals surface area contributed by atoms with Crippen molar-refractivity contribution in [3.63, 3.8) is 0 Å². The summed E-state index contributed by atoms with van der Waals surface area (Å²) in [6.07, 6.45) is 1.12. The SMILES string of the molecule is CCOc1ccc(C(O)CCC(C)OC)cc1OCC. The average Bonchev–Trinajstić information content (AvgIpc) is 2.46. The molecule has 2 atom stereocenters. The Morgan fingerprint density at radius 1 is 1.05 bits per heavy atom. The second kappa shape index (κ2) is 8.82. The first-order chi connectivity index (χ1) is 9.62. The molecule has 0 saturated heterocycles. The Bertz CT molecular complexity index is 392. The van der Waals surface area contributed by atoms with E-state index in [1.807, 2.05) is 39.0 Å². The molecule has 4 heteroatoms. The lowest BCUT2D eigenvalue weighted by atomic mass is 10.0. The minimum absolute atomic E-state index is 0.152.